The Bertz CT molecular complexity index is 442. The molecule has 0 aliphatic heterocycles. The van der Waals surface area contributed by atoms with Crippen LogP contribution in [0.25, 0.3) is 0 Å². The van der Waals surface area contributed by atoms with Crippen LogP contribution in [0, 0.1) is 0 Å². The van der Waals surface area contributed by atoms with Gasteiger partial charge in [-0.3, -0.25) is 4.79 Å². The third-order valence-corrected chi connectivity index (χ3v) is 2.74. The first-order chi connectivity index (χ1) is 8.00. The van der Waals surface area contributed by atoms with Gasteiger partial charge in [0.25, 0.3) is 5.91 Å². The molecule has 7 nitrogen and oxygen atoms in total. The van der Waals surface area contributed by atoms with Crippen molar-refractivity contribution >= 4 is 29.3 Å². The quantitative estimate of drug-likeness (QED) is 0.655. The lowest BCUT2D eigenvalue weighted by Gasteiger charge is -2.03. The minimum absolute atomic E-state index is 0.0295. The lowest BCUT2D eigenvalue weighted by Crippen LogP contribution is -2.28. The fourth-order valence-electron chi connectivity index (χ4n) is 0.978. The lowest BCUT2D eigenvalue weighted by atomic mass is 10.4. The van der Waals surface area contributed by atoms with Gasteiger partial charge in [0.1, 0.15) is 11.5 Å². The first kappa shape index (κ1) is 13.0. The molecular weight excluding hydrogens is 248 g/mol. The predicted molar refractivity (Wildman–Crippen MR) is 59.1 cm³/mol. The van der Waals surface area contributed by atoms with Crippen molar-refractivity contribution < 1.29 is 24.2 Å². The normalized spacial score (nSPS) is 9.65. The van der Waals surface area contributed by atoms with Gasteiger partial charge < -0.3 is 20.9 Å². The van der Waals surface area contributed by atoms with Crippen molar-refractivity contribution in [2.24, 2.45) is 5.73 Å². The Kier molecular flexibility index (Phi) is 4.46. The van der Waals surface area contributed by atoms with E-state index in [0.717, 1.165) is 11.3 Å². The molecule has 1 aromatic rings. The molecule has 0 spiro atoms. The molecule has 1 heterocycles. The van der Waals surface area contributed by atoms with Crippen LogP contribution >= 0.6 is 11.3 Å². The average Bonchev–Trinajstić information content (AvgIpc) is 2.73. The molecule has 8 heteroatoms. The number of carbonyl (C=O) groups is 3. The summed E-state index contributed by atoms with van der Waals surface area (Å²) in [7, 11) is 0. The van der Waals surface area contributed by atoms with Gasteiger partial charge in [0.05, 0.1) is 11.4 Å². The first-order valence-electron chi connectivity index (χ1n) is 4.54. The fraction of sp³-hybridized carbons (Fsp3) is 0.222. The van der Waals surface area contributed by atoms with Crippen LogP contribution in [0.15, 0.2) is 12.1 Å². The molecule has 0 saturated heterocycles. The molecule has 0 aliphatic carbocycles. The number of nitrogens with two attached hydrogens (primary N) is 1. The summed E-state index contributed by atoms with van der Waals surface area (Å²) in [6.45, 7) is 0.0836. The van der Waals surface area contributed by atoms with E-state index in [4.69, 9.17) is 10.8 Å². The molecule has 92 valence electrons. The van der Waals surface area contributed by atoms with Crippen molar-refractivity contribution in [3.63, 3.8) is 0 Å². The molecule has 0 atom stereocenters. The van der Waals surface area contributed by atoms with Crippen molar-refractivity contribution in [1.29, 1.82) is 0 Å². The van der Waals surface area contributed by atoms with Gasteiger partial charge in [-0.2, -0.15) is 0 Å². The highest BCUT2D eigenvalue weighted by molar-refractivity contribution is 7.15. The molecule has 0 aliphatic rings. The maximum atomic E-state index is 11.5. The molecular formula is C9H10N2O5S. The van der Waals surface area contributed by atoms with Gasteiger partial charge in [-0.15, -0.1) is 11.3 Å². The van der Waals surface area contributed by atoms with Gasteiger partial charge in [-0.05, 0) is 12.1 Å². The summed E-state index contributed by atoms with van der Waals surface area (Å²) in [5.74, 6) is -1.50. The minimum Gasteiger partial charge on any atom is -0.477 e. The van der Waals surface area contributed by atoms with E-state index in [9.17, 15) is 14.4 Å². The van der Waals surface area contributed by atoms with Gasteiger partial charge in [-0.25, -0.2) is 9.59 Å². The summed E-state index contributed by atoms with van der Waals surface area (Å²) in [5, 5.41) is 11.1. The summed E-state index contributed by atoms with van der Waals surface area (Å²) in [6, 6.07) is 2.76. The molecule has 0 radical (unpaired) electrons. The Morgan fingerprint density at radius 2 is 2.00 bits per heavy atom. The molecule has 17 heavy (non-hydrogen) atoms. The number of carbonyl (C=O) groups excluding carboxylic acids is 2. The Balaban J connectivity index is 2.41. The summed E-state index contributed by atoms with van der Waals surface area (Å²) in [6.07, 6.45) is -0.913. The molecule has 2 amide bonds. The van der Waals surface area contributed by atoms with E-state index in [1.54, 1.807) is 0 Å². The van der Waals surface area contributed by atoms with Gasteiger partial charge in [0.15, 0.2) is 0 Å². The zero-order valence-electron chi connectivity index (χ0n) is 8.63. The second-order valence-electron chi connectivity index (χ2n) is 2.89. The van der Waals surface area contributed by atoms with Crippen LogP contribution in [0.3, 0.4) is 0 Å². The van der Waals surface area contributed by atoms with Crippen molar-refractivity contribution in [3.8, 4) is 0 Å². The highest BCUT2D eigenvalue weighted by atomic mass is 32.1. The van der Waals surface area contributed by atoms with E-state index >= 15 is 0 Å². The van der Waals surface area contributed by atoms with Crippen LogP contribution in [0.5, 0.6) is 0 Å². The number of amides is 2. The Hall–Kier alpha value is -2.09. The third-order valence-electron chi connectivity index (χ3n) is 1.67. The molecule has 0 fully saturated rings. The van der Waals surface area contributed by atoms with E-state index < -0.39 is 18.0 Å². The van der Waals surface area contributed by atoms with Gasteiger partial charge in [0.2, 0.25) is 0 Å². The summed E-state index contributed by atoms with van der Waals surface area (Å²) in [4.78, 5) is 32.6. The monoisotopic (exact) mass is 258 g/mol. The first-order valence-corrected chi connectivity index (χ1v) is 5.36. The topological polar surface area (TPSA) is 119 Å². The molecule has 0 aromatic carbocycles. The number of aromatic carboxylic acids is 1. The molecule has 1 aromatic heterocycles. The van der Waals surface area contributed by atoms with Crippen LogP contribution in [0.1, 0.15) is 19.3 Å². The van der Waals surface area contributed by atoms with Crippen LogP contribution in [-0.2, 0) is 4.74 Å². The molecule has 4 N–H and O–H groups in total. The van der Waals surface area contributed by atoms with Crippen LogP contribution < -0.4 is 11.1 Å². The minimum atomic E-state index is -1.08. The second-order valence-corrected chi connectivity index (χ2v) is 3.98. The Labute approximate surface area is 100 Å². The maximum Gasteiger partial charge on any atom is 0.404 e. The molecule has 0 unspecified atom stereocenters. The highest BCUT2D eigenvalue weighted by Gasteiger charge is 2.12. The smallest absolute Gasteiger partial charge is 0.404 e. The number of thiophene rings is 1. The van der Waals surface area contributed by atoms with Crippen molar-refractivity contribution in [3.05, 3.63) is 21.9 Å². The standard InChI is InChI=1S/C9H10N2O5S/c10-9(15)16-4-3-11-7(12)5-1-2-6(17-5)8(13)14/h1-2H,3-4H2,(H2,10,15)(H,11,12)(H,13,14). The Morgan fingerprint density at radius 1 is 1.35 bits per heavy atom. The van der Waals surface area contributed by atoms with E-state index in [1.165, 1.54) is 12.1 Å². The summed E-state index contributed by atoms with van der Waals surface area (Å²) >= 11 is 0.869. The van der Waals surface area contributed by atoms with Gasteiger partial charge in [-0.1, -0.05) is 0 Å². The average molecular weight is 258 g/mol. The van der Waals surface area contributed by atoms with E-state index in [2.05, 4.69) is 10.1 Å². The summed E-state index contributed by atoms with van der Waals surface area (Å²) in [5.41, 5.74) is 4.72. The van der Waals surface area contributed by atoms with Crippen molar-refractivity contribution in [2.45, 2.75) is 0 Å². The second kappa shape index (κ2) is 5.85. The summed E-state index contributed by atoms with van der Waals surface area (Å²) < 4.78 is 4.40. The predicted octanol–water partition coefficient (Wildman–Crippen LogP) is 0.271. The third kappa shape index (κ3) is 4.11. The number of carboxylic acid groups (broad SMARTS) is 1. The van der Waals surface area contributed by atoms with E-state index in [-0.39, 0.29) is 22.9 Å². The largest absolute Gasteiger partial charge is 0.477 e. The SMILES string of the molecule is NC(=O)OCCNC(=O)c1ccc(C(=O)O)s1. The van der Waals surface area contributed by atoms with Gasteiger partial charge in [0, 0.05) is 0 Å². The van der Waals surface area contributed by atoms with Gasteiger partial charge >= 0.3 is 12.1 Å². The molecule has 0 saturated carbocycles. The number of carboxylic acids is 1. The van der Waals surface area contributed by atoms with E-state index in [0.29, 0.717) is 0 Å². The number of hydrogen-bond donors (Lipinski definition) is 3. The fourth-order valence-corrected chi connectivity index (χ4v) is 1.74. The zero-order valence-corrected chi connectivity index (χ0v) is 9.45. The van der Waals surface area contributed by atoms with Crippen molar-refractivity contribution in [2.75, 3.05) is 13.2 Å². The number of ether oxygens (including phenoxy) is 1. The van der Waals surface area contributed by atoms with Crippen molar-refractivity contribution in [1.82, 2.24) is 5.32 Å². The van der Waals surface area contributed by atoms with E-state index in [1.807, 2.05) is 0 Å². The van der Waals surface area contributed by atoms with Crippen LogP contribution in [-0.4, -0.2) is 36.2 Å². The zero-order chi connectivity index (χ0) is 12.8. The lowest BCUT2D eigenvalue weighted by molar-refractivity contribution is 0.0702. The van der Waals surface area contributed by atoms with Crippen LogP contribution in [0.2, 0.25) is 0 Å². The number of nitrogens with one attached hydrogen (secondary N) is 1. The number of hydrogen-bond acceptors (Lipinski definition) is 5. The molecule has 1 rings (SSSR count). The highest BCUT2D eigenvalue weighted by Crippen LogP contribution is 2.15. The Morgan fingerprint density at radius 3 is 2.53 bits per heavy atom. The maximum absolute atomic E-state index is 11.5. The number of primary amides is 1. The molecule has 0 bridgehead atoms. The van der Waals surface area contributed by atoms with Crippen LogP contribution in [0.4, 0.5) is 4.79 Å². The number of rotatable bonds is 5.